The number of aliphatic carboxylic acids is 1. The van der Waals surface area contributed by atoms with Crippen molar-refractivity contribution < 1.29 is 28.2 Å². The largest absolute Gasteiger partial charge is 0.479 e. The second-order valence-electron chi connectivity index (χ2n) is 2.69. The molecule has 0 aromatic carbocycles. The van der Waals surface area contributed by atoms with Crippen LogP contribution < -0.4 is 0 Å². The third-order valence-corrected chi connectivity index (χ3v) is 1.58. The molecule has 1 heterocycles. The number of carboxylic acids is 1. The number of aromatic nitrogens is 1. The van der Waals surface area contributed by atoms with E-state index in [2.05, 4.69) is 4.98 Å². The molecule has 0 aliphatic heterocycles. The molecule has 0 aliphatic carbocycles. The van der Waals surface area contributed by atoms with E-state index in [0.717, 1.165) is 12.1 Å². The highest BCUT2D eigenvalue weighted by atomic mass is 35.5. The lowest BCUT2D eigenvalue weighted by Gasteiger charge is -2.09. The summed E-state index contributed by atoms with van der Waals surface area (Å²) in [5.41, 5.74) is -1.78. The van der Waals surface area contributed by atoms with Crippen molar-refractivity contribution in [1.82, 2.24) is 4.98 Å². The summed E-state index contributed by atoms with van der Waals surface area (Å²) in [6, 6.07) is 2.68. The van der Waals surface area contributed by atoms with Crippen molar-refractivity contribution in [2.24, 2.45) is 0 Å². The Labute approximate surface area is 94.1 Å². The van der Waals surface area contributed by atoms with E-state index in [1.54, 1.807) is 0 Å². The van der Waals surface area contributed by atoms with Crippen LogP contribution in [-0.4, -0.2) is 21.2 Å². The molecule has 0 spiro atoms. The fourth-order valence-corrected chi connectivity index (χ4v) is 0.888. The van der Waals surface area contributed by atoms with Gasteiger partial charge < -0.3 is 10.2 Å². The highest BCUT2D eigenvalue weighted by molar-refractivity contribution is 5.85. The molecule has 0 saturated carbocycles. The molecule has 2 N–H and O–H groups in total. The number of pyridine rings is 1. The smallest absolute Gasteiger partial charge is 0.433 e. The molecule has 16 heavy (non-hydrogen) atoms. The first kappa shape index (κ1) is 14.7. The molecule has 1 aromatic heterocycles. The summed E-state index contributed by atoms with van der Waals surface area (Å²) in [4.78, 5) is 13.3. The van der Waals surface area contributed by atoms with Crippen LogP contribution in [0.5, 0.6) is 0 Å². The summed E-state index contributed by atoms with van der Waals surface area (Å²) >= 11 is 0. The average molecular weight is 258 g/mol. The predicted octanol–water partition coefficient (Wildman–Crippen LogP) is 1.64. The Morgan fingerprint density at radius 1 is 1.38 bits per heavy atom. The molecular weight excluding hydrogens is 251 g/mol. The van der Waals surface area contributed by atoms with Crippen molar-refractivity contribution in [2.75, 3.05) is 0 Å². The van der Waals surface area contributed by atoms with E-state index in [4.69, 9.17) is 10.2 Å². The normalized spacial score (nSPS) is 12.8. The number of alkyl halides is 3. The van der Waals surface area contributed by atoms with Gasteiger partial charge >= 0.3 is 12.1 Å². The number of carbonyl (C=O) groups is 1. The van der Waals surface area contributed by atoms with Gasteiger partial charge in [0.25, 0.3) is 0 Å². The lowest BCUT2D eigenvalue weighted by molar-refractivity contribution is -0.148. The molecule has 0 amide bonds. The predicted molar refractivity (Wildman–Crippen MR) is 49.1 cm³/mol. The Balaban J connectivity index is 0.00000225. The zero-order valence-corrected chi connectivity index (χ0v) is 8.42. The van der Waals surface area contributed by atoms with Gasteiger partial charge in [0.05, 0.1) is 5.69 Å². The maximum Gasteiger partial charge on any atom is 0.433 e. The van der Waals surface area contributed by atoms with Crippen molar-refractivity contribution in [3.63, 3.8) is 0 Å². The maximum absolute atomic E-state index is 12.1. The van der Waals surface area contributed by atoms with Crippen LogP contribution in [0.3, 0.4) is 0 Å². The van der Waals surface area contributed by atoms with Crippen LogP contribution in [0.4, 0.5) is 13.2 Å². The zero-order chi connectivity index (χ0) is 11.6. The molecule has 1 aromatic rings. The van der Waals surface area contributed by atoms with Gasteiger partial charge in [0.15, 0.2) is 6.10 Å². The van der Waals surface area contributed by atoms with Crippen LogP contribution in [0.15, 0.2) is 18.2 Å². The third-order valence-electron chi connectivity index (χ3n) is 1.58. The molecule has 0 aliphatic rings. The summed E-state index contributed by atoms with van der Waals surface area (Å²) in [5.74, 6) is -1.65. The number of hydrogen-bond acceptors (Lipinski definition) is 3. The summed E-state index contributed by atoms with van der Waals surface area (Å²) in [5, 5.41) is 17.3. The van der Waals surface area contributed by atoms with Gasteiger partial charge in [0.2, 0.25) is 0 Å². The van der Waals surface area contributed by atoms with E-state index >= 15 is 0 Å². The highest BCUT2D eigenvalue weighted by Crippen LogP contribution is 2.28. The Kier molecular flexibility index (Phi) is 4.70. The number of aliphatic hydroxyl groups excluding tert-OH is 1. The molecule has 0 fully saturated rings. The minimum atomic E-state index is -4.66. The lowest BCUT2D eigenvalue weighted by atomic mass is 10.2. The van der Waals surface area contributed by atoms with Gasteiger partial charge in [-0.05, 0) is 12.1 Å². The van der Waals surface area contributed by atoms with E-state index in [1.165, 1.54) is 0 Å². The van der Waals surface area contributed by atoms with Gasteiger partial charge in [-0.2, -0.15) is 13.2 Å². The SMILES string of the molecule is Cl.O=C(O)C(O)c1cccc(C(F)(F)F)n1. The molecule has 1 unspecified atom stereocenters. The first-order valence-electron chi connectivity index (χ1n) is 3.77. The molecule has 0 bridgehead atoms. The van der Waals surface area contributed by atoms with Crippen molar-refractivity contribution in [2.45, 2.75) is 12.3 Å². The van der Waals surface area contributed by atoms with Gasteiger partial charge in [0.1, 0.15) is 5.69 Å². The van der Waals surface area contributed by atoms with Crippen molar-refractivity contribution >= 4 is 18.4 Å². The third kappa shape index (κ3) is 3.35. The topological polar surface area (TPSA) is 70.4 Å². The van der Waals surface area contributed by atoms with Crippen LogP contribution in [0.25, 0.3) is 0 Å². The Hall–Kier alpha value is -1.34. The van der Waals surface area contributed by atoms with Gasteiger partial charge in [-0.1, -0.05) is 6.07 Å². The number of aliphatic hydroxyl groups is 1. The Morgan fingerprint density at radius 3 is 2.38 bits per heavy atom. The van der Waals surface area contributed by atoms with Crippen LogP contribution >= 0.6 is 12.4 Å². The molecule has 4 nitrogen and oxygen atoms in total. The summed E-state index contributed by atoms with van der Waals surface area (Å²) in [7, 11) is 0. The average Bonchev–Trinajstić information content (AvgIpc) is 2.15. The first-order valence-corrected chi connectivity index (χ1v) is 3.77. The fourth-order valence-electron chi connectivity index (χ4n) is 0.888. The first-order chi connectivity index (χ1) is 6.82. The van der Waals surface area contributed by atoms with Crippen molar-refractivity contribution in [1.29, 1.82) is 0 Å². The number of halogens is 4. The molecule has 0 radical (unpaired) electrons. The summed E-state index contributed by atoms with van der Waals surface area (Å²) in [6.45, 7) is 0. The molecular formula is C8H7ClF3NO3. The van der Waals surface area contributed by atoms with Crippen LogP contribution in [0, 0.1) is 0 Å². The van der Waals surface area contributed by atoms with Gasteiger partial charge in [-0.3, -0.25) is 0 Å². The highest BCUT2D eigenvalue weighted by Gasteiger charge is 2.33. The fraction of sp³-hybridized carbons (Fsp3) is 0.250. The van der Waals surface area contributed by atoms with Crippen molar-refractivity contribution in [3.8, 4) is 0 Å². The standard InChI is InChI=1S/C8H6F3NO3.ClH/c9-8(10,11)5-3-1-2-4(12-5)6(13)7(14)15;/h1-3,6,13H,(H,14,15);1H. The summed E-state index contributed by atoms with van der Waals surface area (Å²) in [6.07, 6.45) is -6.71. The lowest BCUT2D eigenvalue weighted by Crippen LogP contribution is -2.15. The minimum Gasteiger partial charge on any atom is -0.479 e. The number of nitrogens with zero attached hydrogens (tertiary/aromatic N) is 1. The monoisotopic (exact) mass is 257 g/mol. The minimum absolute atomic E-state index is 0. The van der Waals surface area contributed by atoms with E-state index in [0.29, 0.717) is 6.07 Å². The molecule has 8 heteroatoms. The number of carboxylic acid groups (broad SMARTS) is 1. The Bertz CT molecular complexity index is 383. The van der Waals surface area contributed by atoms with E-state index in [-0.39, 0.29) is 12.4 Å². The summed E-state index contributed by atoms with van der Waals surface area (Å²) < 4.78 is 36.4. The zero-order valence-electron chi connectivity index (χ0n) is 7.60. The van der Waals surface area contributed by atoms with Crippen LogP contribution in [0.1, 0.15) is 17.5 Å². The quantitative estimate of drug-likeness (QED) is 0.845. The van der Waals surface area contributed by atoms with E-state index in [1.807, 2.05) is 0 Å². The van der Waals surface area contributed by atoms with Gasteiger partial charge in [0, 0.05) is 0 Å². The second kappa shape index (κ2) is 5.13. The van der Waals surface area contributed by atoms with Gasteiger partial charge in [-0.15, -0.1) is 12.4 Å². The van der Waals surface area contributed by atoms with Crippen LogP contribution in [0.2, 0.25) is 0 Å². The van der Waals surface area contributed by atoms with E-state index < -0.39 is 29.6 Å². The number of hydrogen-bond donors (Lipinski definition) is 2. The van der Waals surface area contributed by atoms with E-state index in [9.17, 15) is 18.0 Å². The van der Waals surface area contributed by atoms with Crippen LogP contribution in [-0.2, 0) is 11.0 Å². The molecule has 1 atom stereocenters. The Morgan fingerprint density at radius 2 is 1.94 bits per heavy atom. The maximum atomic E-state index is 12.1. The second-order valence-corrected chi connectivity index (χ2v) is 2.69. The molecule has 90 valence electrons. The van der Waals surface area contributed by atoms with Crippen molar-refractivity contribution in [3.05, 3.63) is 29.6 Å². The molecule has 1 rings (SSSR count). The number of rotatable bonds is 2. The molecule has 0 saturated heterocycles. The van der Waals surface area contributed by atoms with Gasteiger partial charge in [-0.25, -0.2) is 9.78 Å².